The minimum atomic E-state index is -4.84. The predicted octanol–water partition coefficient (Wildman–Crippen LogP) is 4.93. The summed E-state index contributed by atoms with van der Waals surface area (Å²) in [5.41, 5.74) is -0.362. The molecule has 0 saturated carbocycles. The van der Waals surface area contributed by atoms with Crippen LogP contribution in [0.2, 0.25) is 0 Å². The molecule has 3 rings (SSSR count). The van der Waals surface area contributed by atoms with E-state index in [2.05, 4.69) is 20.9 Å². The minimum absolute atomic E-state index is 0.0398. The van der Waals surface area contributed by atoms with E-state index in [1.165, 1.54) is 31.2 Å². The summed E-state index contributed by atoms with van der Waals surface area (Å²) in [5.74, 6) is -1.48. The Kier molecular flexibility index (Phi) is 9.01. The van der Waals surface area contributed by atoms with Crippen LogP contribution in [0.25, 0.3) is 10.8 Å². The molecule has 0 heterocycles. The predicted molar refractivity (Wildman–Crippen MR) is 143 cm³/mol. The molecule has 0 fully saturated rings. The van der Waals surface area contributed by atoms with Gasteiger partial charge in [-0.05, 0) is 42.1 Å². The number of azo groups is 1. The van der Waals surface area contributed by atoms with Crippen LogP contribution >= 0.6 is 0 Å². The van der Waals surface area contributed by atoms with E-state index in [1.54, 1.807) is 0 Å². The van der Waals surface area contributed by atoms with Crippen LogP contribution in [0.1, 0.15) is 39.5 Å². The molecule has 0 aliphatic rings. The Labute approximate surface area is 224 Å². The third-order valence-corrected chi connectivity index (χ3v) is 7.15. The minimum Gasteiger partial charge on any atom is -0.507 e. The normalized spacial score (nSPS) is 12.1. The van der Waals surface area contributed by atoms with Crippen molar-refractivity contribution >= 4 is 65.6 Å². The molecule has 0 aliphatic carbocycles. The first-order valence-corrected chi connectivity index (χ1v) is 14.5. The van der Waals surface area contributed by atoms with Crippen molar-refractivity contribution in [3.05, 3.63) is 42.5 Å². The van der Waals surface area contributed by atoms with Gasteiger partial charge in [-0.25, -0.2) is 0 Å². The van der Waals surface area contributed by atoms with Crippen LogP contribution in [0.4, 0.5) is 22.7 Å². The van der Waals surface area contributed by atoms with Crippen LogP contribution in [0, 0.1) is 0 Å². The molecule has 0 bridgehead atoms. The van der Waals surface area contributed by atoms with E-state index in [0.717, 1.165) is 31.0 Å². The van der Waals surface area contributed by atoms with Gasteiger partial charge in [0.15, 0.2) is 0 Å². The van der Waals surface area contributed by atoms with Gasteiger partial charge in [0, 0.05) is 25.1 Å². The maximum Gasteiger partial charge on any atom is 0.296 e. The molecule has 13 nitrogen and oxygen atoms in total. The number of hydrogen-bond donors (Lipinski definition) is 5. The highest BCUT2D eigenvalue weighted by Gasteiger charge is 2.20. The molecule has 0 radical (unpaired) electrons. The zero-order valence-electron chi connectivity index (χ0n) is 20.9. The fraction of sp³-hybridized carbons (Fsp3) is 0.250. The smallest absolute Gasteiger partial charge is 0.296 e. The number of carbonyl (C=O) groups is 2. The number of carbonyl (C=O) groups excluding carboxylic acids is 2. The third-order valence-electron chi connectivity index (χ3n) is 5.44. The molecule has 3 aromatic rings. The molecular weight excluding hydrogens is 552 g/mol. The van der Waals surface area contributed by atoms with E-state index in [-0.39, 0.29) is 45.8 Å². The van der Waals surface area contributed by atoms with Gasteiger partial charge in [0.1, 0.15) is 22.0 Å². The summed E-state index contributed by atoms with van der Waals surface area (Å²) in [6, 6.07) is 8.08. The summed E-state index contributed by atoms with van der Waals surface area (Å²) in [7, 11) is -9.50. The van der Waals surface area contributed by atoms with Crippen LogP contribution < -0.4 is 10.6 Å². The highest BCUT2D eigenvalue weighted by Crippen LogP contribution is 2.42. The first-order chi connectivity index (χ1) is 18.2. The van der Waals surface area contributed by atoms with Crippen molar-refractivity contribution in [2.45, 2.75) is 49.3 Å². The van der Waals surface area contributed by atoms with Gasteiger partial charge in [0.2, 0.25) is 11.8 Å². The van der Waals surface area contributed by atoms with Gasteiger partial charge in [-0.1, -0.05) is 25.8 Å². The van der Waals surface area contributed by atoms with Crippen molar-refractivity contribution in [1.29, 1.82) is 0 Å². The van der Waals surface area contributed by atoms with E-state index in [4.69, 9.17) is 0 Å². The van der Waals surface area contributed by atoms with Crippen LogP contribution in [0.3, 0.4) is 0 Å². The number of benzene rings is 3. The fourth-order valence-corrected chi connectivity index (χ4v) is 4.87. The fourth-order valence-electron chi connectivity index (χ4n) is 3.69. The molecule has 0 unspecified atom stereocenters. The molecule has 0 aliphatic heterocycles. The first-order valence-electron chi connectivity index (χ1n) is 11.6. The Morgan fingerprint density at radius 2 is 1.62 bits per heavy atom. The molecule has 39 heavy (non-hydrogen) atoms. The lowest BCUT2D eigenvalue weighted by Gasteiger charge is -2.12. The summed E-state index contributed by atoms with van der Waals surface area (Å²) in [5, 5.41) is 23.5. The monoisotopic (exact) mass is 578 g/mol. The molecule has 0 aromatic heterocycles. The Balaban J connectivity index is 2.12. The second kappa shape index (κ2) is 11.9. The number of hydrogen-bond acceptors (Lipinski definition) is 9. The molecule has 0 saturated heterocycles. The van der Waals surface area contributed by atoms with Crippen molar-refractivity contribution < 1.29 is 40.6 Å². The average Bonchev–Trinajstić information content (AvgIpc) is 2.82. The Hall–Kier alpha value is -3.92. The summed E-state index contributed by atoms with van der Waals surface area (Å²) in [6.45, 7) is 3.19. The quantitative estimate of drug-likeness (QED) is 0.125. The first kappa shape index (κ1) is 29.6. The summed E-state index contributed by atoms with van der Waals surface area (Å²) in [4.78, 5) is 22.6. The van der Waals surface area contributed by atoms with E-state index in [0.29, 0.717) is 6.42 Å². The second-order valence-electron chi connectivity index (χ2n) is 8.52. The highest BCUT2D eigenvalue weighted by atomic mass is 32.2. The number of amides is 2. The highest BCUT2D eigenvalue weighted by molar-refractivity contribution is 7.86. The molecule has 0 spiro atoms. The van der Waals surface area contributed by atoms with E-state index in [1.807, 2.05) is 6.92 Å². The zero-order valence-corrected chi connectivity index (χ0v) is 22.5. The molecule has 0 atom stereocenters. The number of fused-ring (bicyclic) bond motifs is 1. The lowest BCUT2D eigenvalue weighted by molar-refractivity contribution is -0.116. The molecule has 5 N–H and O–H groups in total. The number of phenols is 1. The topological polar surface area (TPSA) is 212 Å². The Morgan fingerprint density at radius 1 is 0.897 bits per heavy atom. The van der Waals surface area contributed by atoms with Crippen molar-refractivity contribution in [2.24, 2.45) is 10.2 Å². The third kappa shape index (κ3) is 7.57. The van der Waals surface area contributed by atoms with Crippen molar-refractivity contribution in [3.63, 3.8) is 0 Å². The largest absolute Gasteiger partial charge is 0.507 e. The Bertz CT molecular complexity index is 1690. The molecule has 208 valence electrons. The molecule has 2 amide bonds. The maximum atomic E-state index is 12.1. The number of phenolic OH excluding ortho intramolecular Hbond substituents is 1. The summed E-state index contributed by atoms with van der Waals surface area (Å²) < 4.78 is 66.4. The van der Waals surface area contributed by atoms with Gasteiger partial charge >= 0.3 is 0 Å². The molecular formula is C24H26N4O9S2. The number of unbranched alkanes of at least 4 members (excludes halogenated alkanes) is 2. The number of aromatic hydroxyl groups is 1. The van der Waals surface area contributed by atoms with Gasteiger partial charge in [-0.15, -0.1) is 10.2 Å². The van der Waals surface area contributed by atoms with Crippen LogP contribution in [-0.4, -0.2) is 42.9 Å². The lowest BCUT2D eigenvalue weighted by atomic mass is 10.1. The number of rotatable bonds is 10. The van der Waals surface area contributed by atoms with Crippen molar-refractivity contribution in [2.75, 3.05) is 10.6 Å². The van der Waals surface area contributed by atoms with Crippen LogP contribution in [0.5, 0.6) is 5.75 Å². The van der Waals surface area contributed by atoms with Gasteiger partial charge in [-0.2, -0.15) is 16.8 Å². The molecule has 15 heteroatoms. The second-order valence-corrected chi connectivity index (χ2v) is 11.3. The van der Waals surface area contributed by atoms with E-state index in [9.17, 15) is 40.6 Å². The van der Waals surface area contributed by atoms with Gasteiger partial charge in [0.05, 0.1) is 16.0 Å². The number of nitrogens with one attached hydrogen (secondary N) is 2. The van der Waals surface area contributed by atoms with Crippen LogP contribution in [-0.2, 0) is 29.8 Å². The number of nitrogens with zero attached hydrogens (tertiary/aromatic N) is 2. The Morgan fingerprint density at radius 3 is 2.23 bits per heavy atom. The summed E-state index contributed by atoms with van der Waals surface area (Å²) in [6.07, 6.45) is 2.65. The average molecular weight is 579 g/mol. The van der Waals surface area contributed by atoms with Crippen molar-refractivity contribution in [3.8, 4) is 5.75 Å². The van der Waals surface area contributed by atoms with Gasteiger partial charge < -0.3 is 15.7 Å². The van der Waals surface area contributed by atoms with E-state index >= 15 is 0 Å². The lowest BCUT2D eigenvalue weighted by Crippen LogP contribution is -2.11. The van der Waals surface area contributed by atoms with Gasteiger partial charge in [-0.3, -0.25) is 18.7 Å². The maximum absolute atomic E-state index is 12.1. The SMILES string of the molecule is CCCCCC(=O)Nc1ccc(N=Nc2c(NC(C)=O)ccc3cc(S(=O)(=O)O)cc(O)c23)c(S(=O)(=O)O)c1. The molecule has 3 aromatic carbocycles. The zero-order chi connectivity index (χ0) is 29.0. The van der Waals surface area contributed by atoms with E-state index < -0.39 is 41.7 Å². The summed E-state index contributed by atoms with van der Waals surface area (Å²) >= 11 is 0. The van der Waals surface area contributed by atoms with Gasteiger partial charge in [0.25, 0.3) is 20.2 Å². The van der Waals surface area contributed by atoms with Crippen molar-refractivity contribution in [1.82, 2.24) is 0 Å². The standard InChI is InChI=1S/C24H26N4O9S2/c1-3-4-5-6-22(31)26-16-8-10-18(21(12-16)39(35,36)37)27-28-24-19(25-14(2)29)9-7-15-11-17(38(32,33)34)13-20(30)23(15)24/h7-13,30H,3-6H2,1-2H3,(H,25,29)(H,26,31)(H,32,33,34)(H,35,36,37). The van der Waals surface area contributed by atoms with Crippen LogP contribution in [0.15, 0.2) is 62.5 Å². The number of anilines is 2.